The molecule has 3 nitrogen and oxygen atoms in total. The van der Waals surface area contributed by atoms with Crippen molar-refractivity contribution in [2.45, 2.75) is 19.4 Å². The Labute approximate surface area is 75.1 Å². The van der Waals surface area contributed by atoms with E-state index in [4.69, 9.17) is 4.74 Å². The van der Waals surface area contributed by atoms with Crippen LogP contribution in [0.3, 0.4) is 0 Å². The largest absolute Gasteiger partial charge is 0.370 e. The van der Waals surface area contributed by atoms with Gasteiger partial charge in [0.25, 0.3) is 0 Å². The standard InChI is InChI=1S/C7H14N2O.C2H6/c1-9-2-3-10-7(6-9)4-8-5-7;1-2/h8H,2-6H2,1H3;1-2H3. The van der Waals surface area contributed by atoms with Gasteiger partial charge in [0.2, 0.25) is 0 Å². The summed E-state index contributed by atoms with van der Waals surface area (Å²) in [4.78, 5) is 2.34. The Kier molecular flexibility index (Phi) is 3.50. The number of nitrogens with zero attached hydrogens (tertiary/aromatic N) is 1. The molecule has 0 unspecified atom stereocenters. The Morgan fingerprint density at radius 2 is 2.00 bits per heavy atom. The van der Waals surface area contributed by atoms with Gasteiger partial charge in [0.05, 0.1) is 6.61 Å². The molecule has 0 aromatic heterocycles. The lowest BCUT2D eigenvalue weighted by molar-refractivity contribution is -0.130. The van der Waals surface area contributed by atoms with Gasteiger partial charge in [-0.3, -0.25) is 0 Å². The van der Waals surface area contributed by atoms with Crippen molar-refractivity contribution in [1.29, 1.82) is 0 Å². The van der Waals surface area contributed by atoms with Crippen LogP contribution in [0.1, 0.15) is 13.8 Å². The third-order valence-corrected chi connectivity index (χ3v) is 2.33. The summed E-state index contributed by atoms with van der Waals surface area (Å²) in [5.41, 5.74) is 0.188. The maximum atomic E-state index is 5.67. The van der Waals surface area contributed by atoms with Gasteiger partial charge in [0.15, 0.2) is 0 Å². The van der Waals surface area contributed by atoms with Crippen LogP contribution in [0.15, 0.2) is 0 Å². The smallest absolute Gasteiger partial charge is 0.106 e. The summed E-state index contributed by atoms with van der Waals surface area (Å²) in [6.07, 6.45) is 0. The number of likely N-dealkylation sites (N-methyl/N-ethyl adjacent to an activating group) is 1. The van der Waals surface area contributed by atoms with Crippen LogP contribution in [0.25, 0.3) is 0 Å². The van der Waals surface area contributed by atoms with Crippen LogP contribution < -0.4 is 5.32 Å². The quantitative estimate of drug-likeness (QED) is 0.569. The lowest BCUT2D eigenvalue weighted by Gasteiger charge is -2.47. The minimum atomic E-state index is 0.188. The first-order valence-corrected chi connectivity index (χ1v) is 4.84. The molecule has 1 N–H and O–H groups in total. The highest BCUT2D eigenvalue weighted by atomic mass is 16.5. The summed E-state index contributed by atoms with van der Waals surface area (Å²) in [6.45, 7) is 9.16. The number of nitrogens with one attached hydrogen (secondary N) is 1. The molecule has 3 heteroatoms. The molecule has 72 valence electrons. The summed E-state index contributed by atoms with van der Waals surface area (Å²) in [5.74, 6) is 0. The molecule has 0 bridgehead atoms. The Morgan fingerprint density at radius 3 is 2.33 bits per heavy atom. The molecule has 12 heavy (non-hydrogen) atoms. The molecule has 0 aromatic rings. The monoisotopic (exact) mass is 172 g/mol. The molecule has 2 saturated heterocycles. The van der Waals surface area contributed by atoms with E-state index >= 15 is 0 Å². The van der Waals surface area contributed by atoms with Gasteiger partial charge in [0.1, 0.15) is 5.60 Å². The van der Waals surface area contributed by atoms with Crippen molar-refractivity contribution in [1.82, 2.24) is 10.2 Å². The predicted octanol–water partition coefficient (Wildman–Crippen LogP) is 0.317. The lowest BCUT2D eigenvalue weighted by Crippen LogP contribution is -2.68. The molecule has 2 heterocycles. The first-order valence-electron chi connectivity index (χ1n) is 4.84. The highest BCUT2D eigenvalue weighted by Crippen LogP contribution is 2.20. The number of morpholine rings is 1. The fourth-order valence-corrected chi connectivity index (χ4v) is 1.65. The van der Waals surface area contributed by atoms with Crippen molar-refractivity contribution in [3.8, 4) is 0 Å². The minimum Gasteiger partial charge on any atom is -0.370 e. The molecule has 2 aliphatic rings. The summed E-state index contributed by atoms with van der Waals surface area (Å²) >= 11 is 0. The molecule has 2 aliphatic heterocycles. The molecule has 0 radical (unpaired) electrons. The Balaban J connectivity index is 0.000000336. The number of hydrogen-bond donors (Lipinski definition) is 1. The molecular formula is C9H20N2O. The zero-order valence-corrected chi connectivity index (χ0v) is 8.39. The Morgan fingerprint density at radius 1 is 1.33 bits per heavy atom. The summed E-state index contributed by atoms with van der Waals surface area (Å²) < 4.78 is 5.67. The molecule has 0 atom stereocenters. The molecule has 1 spiro atoms. The molecule has 2 fully saturated rings. The fraction of sp³-hybridized carbons (Fsp3) is 1.00. The third kappa shape index (κ3) is 1.97. The fourth-order valence-electron chi connectivity index (χ4n) is 1.65. The second kappa shape index (κ2) is 4.21. The third-order valence-electron chi connectivity index (χ3n) is 2.33. The van der Waals surface area contributed by atoms with E-state index in [-0.39, 0.29) is 5.60 Å². The average molecular weight is 172 g/mol. The van der Waals surface area contributed by atoms with Gasteiger partial charge in [-0.15, -0.1) is 0 Å². The van der Waals surface area contributed by atoms with Gasteiger partial charge >= 0.3 is 0 Å². The second-order valence-corrected chi connectivity index (χ2v) is 3.37. The average Bonchev–Trinajstić information content (AvgIpc) is 2.06. The van der Waals surface area contributed by atoms with E-state index in [1.807, 2.05) is 13.8 Å². The molecule has 2 rings (SSSR count). The first kappa shape index (κ1) is 9.96. The van der Waals surface area contributed by atoms with Gasteiger partial charge < -0.3 is 15.0 Å². The lowest BCUT2D eigenvalue weighted by atomic mass is 9.95. The van der Waals surface area contributed by atoms with Gasteiger partial charge in [-0.05, 0) is 7.05 Å². The van der Waals surface area contributed by atoms with Crippen LogP contribution in [0.2, 0.25) is 0 Å². The first-order chi connectivity index (χ1) is 5.81. The second-order valence-electron chi connectivity index (χ2n) is 3.37. The minimum absolute atomic E-state index is 0.188. The summed E-state index contributed by atoms with van der Waals surface area (Å²) in [7, 11) is 2.16. The van der Waals surface area contributed by atoms with Crippen molar-refractivity contribution >= 4 is 0 Å². The van der Waals surface area contributed by atoms with E-state index in [9.17, 15) is 0 Å². The van der Waals surface area contributed by atoms with E-state index in [0.717, 1.165) is 32.8 Å². The van der Waals surface area contributed by atoms with Crippen molar-refractivity contribution in [2.24, 2.45) is 0 Å². The number of hydrogen-bond acceptors (Lipinski definition) is 3. The summed E-state index contributed by atoms with van der Waals surface area (Å²) in [6, 6.07) is 0. The Hall–Kier alpha value is -0.120. The van der Waals surface area contributed by atoms with Gasteiger partial charge in [-0.2, -0.15) is 0 Å². The van der Waals surface area contributed by atoms with E-state index in [1.54, 1.807) is 0 Å². The van der Waals surface area contributed by atoms with Crippen LogP contribution in [0, 0.1) is 0 Å². The molecule has 0 aliphatic carbocycles. The van der Waals surface area contributed by atoms with Crippen LogP contribution in [0.4, 0.5) is 0 Å². The highest BCUT2D eigenvalue weighted by molar-refractivity contribution is 4.98. The van der Waals surface area contributed by atoms with Crippen LogP contribution in [0.5, 0.6) is 0 Å². The maximum Gasteiger partial charge on any atom is 0.106 e. The van der Waals surface area contributed by atoms with Crippen LogP contribution >= 0.6 is 0 Å². The molecular weight excluding hydrogens is 152 g/mol. The van der Waals surface area contributed by atoms with Gasteiger partial charge in [0, 0.05) is 26.2 Å². The van der Waals surface area contributed by atoms with Crippen LogP contribution in [-0.4, -0.2) is 50.3 Å². The summed E-state index contributed by atoms with van der Waals surface area (Å²) in [5, 5.41) is 3.24. The number of ether oxygens (including phenoxy) is 1. The normalized spacial score (nSPS) is 27.2. The molecule has 0 amide bonds. The van der Waals surface area contributed by atoms with Crippen molar-refractivity contribution in [3.05, 3.63) is 0 Å². The topological polar surface area (TPSA) is 24.5 Å². The molecule has 0 aromatic carbocycles. The maximum absolute atomic E-state index is 5.67. The number of rotatable bonds is 0. The van der Waals surface area contributed by atoms with E-state index in [1.165, 1.54) is 0 Å². The van der Waals surface area contributed by atoms with Gasteiger partial charge in [-0.25, -0.2) is 0 Å². The molecule has 0 saturated carbocycles. The van der Waals surface area contributed by atoms with E-state index < -0.39 is 0 Å². The SMILES string of the molecule is CC.CN1CCOC2(CNC2)C1. The van der Waals surface area contributed by atoms with Gasteiger partial charge in [-0.1, -0.05) is 13.8 Å². The Bertz CT molecular complexity index is 134. The highest BCUT2D eigenvalue weighted by Gasteiger charge is 2.40. The van der Waals surface area contributed by atoms with E-state index in [2.05, 4.69) is 17.3 Å². The van der Waals surface area contributed by atoms with Crippen LogP contribution in [-0.2, 0) is 4.74 Å². The predicted molar refractivity (Wildman–Crippen MR) is 50.4 cm³/mol. The van der Waals surface area contributed by atoms with Crippen molar-refractivity contribution in [2.75, 3.05) is 39.8 Å². The van der Waals surface area contributed by atoms with Crippen molar-refractivity contribution in [3.63, 3.8) is 0 Å². The zero-order valence-electron chi connectivity index (χ0n) is 8.39. The zero-order chi connectivity index (χ0) is 9.03. The van der Waals surface area contributed by atoms with Crippen molar-refractivity contribution < 1.29 is 4.74 Å². The van der Waals surface area contributed by atoms with E-state index in [0.29, 0.717) is 0 Å².